The SMILES string of the molecule is O=C(Nc1ccc(OC(F)(F)F)cc1)C1CCN(Cc2ccccc2Cl)CC1. The van der Waals surface area contributed by atoms with Crippen LogP contribution in [0.2, 0.25) is 5.02 Å². The molecule has 0 saturated carbocycles. The van der Waals surface area contributed by atoms with Crippen LogP contribution in [0.1, 0.15) is 18.4 Å². The number of amides is 1. The number of carbonyl (C=O) groups is 1. The molecule has 1 fully saturated rings. The lowest BCUT2D eigenvalue weighted by Crippen LogP contribution is -2.37. The number of likely N-dealkylation sites (tertiary alicyclic amines) is 1. The summed E-state index contributed by atoms with van der Waals surface area (Å²) in [7, 11) is 0. The number of nitrogens with one attached hydrogen (secondary N) is 1. The number of rotatable bonds is 5. The minimum Gasteiger partial charge on any atom is -0.406 e. The van der Waals surface area contributed by atoms with Crippen LogP contribution in [0.4, 0.5) is 18.9 Å². The highest BCUT2D eigenvalue weighted by Gasteiger charge is 2.31. The molecule has 150 valence electrons. The molecule has 1 aliphatic heterocycles. The fraction of sp³-hybridized carbons (Fsp3) is 0.350. The summed E-state index contributed by atoms with van der Waals surface area (Å²) in [6, 6.07) is 12.8. The molecule has 28 heavy (non-hydrogen) atoms. The van der Waals surface area contributed by atoms with E-state index in [0.717, 1.165) is 30.2 Å². The predicted molar refractivity (Wildman–Crippen MR) is 101 cm³/mol. The summed E-state index contributed by atoms with van der Waals surface area (Å²) >= 11 is 6.20. The molecule has 4 nitrogen and oxygen atoms in total. The van der Waals surface area contributed by atoms with Crippen LogP contribution >= 0.6 is 11.6 Å². The number of alkyl halides is 3. The van der Waals surface area contributed by atoms with E-state index < -0.39 is 6.36 Å². The molecule has 1 amide bonds. The molecule has 0 aliphatic carbocycles. The Balaban J connectivity index is 1.48. The van der Waals surface area contributed by atoms with Gasteiger partial charge in [0.15, 0.2) is 0 Å². The van der Waals surface area contributed by atoms with Crippen molar-refractivity contribution in [2.45, 2.75) is 25.7 Å². The van der Waals surface area contributed by atoms with E-state index in [2.05, 4.69) is 15.0 Å². The van der Waals surface area contributed by atoms with Crippen LogP contribution in [-0.2, 0) is 11.3 Å². The third-order valence-electron chi connectivity index (χ3n) is 4.67. The number of anilines is 1. The quantitative estimate of drug-likeness (QED) is 0.743. The monoisotopic (exact) mass is 412 g/mol. The lowest BCUT2D eigenvalue weighted by molar-refractivity contribution is -0.274. The van der Waals surface area contributed by atoms with Crippen LogP contribution in [0.25, 0.3) is 0 Å². The average Bonchev–Trinajstić information content (AvgIpc) is 2.64. The van der Waals surface area contributed by atoms with Gasteiger partial charge in [-0.15, -0.1) is 13.2 Å². The van der Waals surface area contributed by atoms with Crippen LogP contribution < -0.4 is 10.1 Å². The maximum atomic E-state index is 12.4. The van der Waals surface area contributed by atoms with Gasteiger partial charge in [-0.05, 0) is 61.8 Å². The van der Waals surface area contributed by atoms with Crippen molar-refractivity contribution in [3.63, 3.8) is 0 Å². The Hall–Kier alpha value is -2.25. The van der Waals surface area contributed by atoms with Crippen molar-refractivity contribution in [1.29, 1.82) is 0 Å². The summed E-state index contributed by atoms with van der Waals surface area (Å²) in [4.78, 5) is 14.7. The molecule has 1 saturated heterocycles. The Labute approximate surface area is 166 Å². The maximum absolute atomic E-state index is 12.4. The van der Waals surface area contributed by atoms with Gasteiger partial charge in [-0.1, -0.05) is 29.8 Å². The highest BCUT2D eigenvalue weighted by Crippen LogP contribution is 2.26. The average molecular weight is 413 g/mol. The molecular weight excluding hydrogens is 393 g/mol. The van der Waals surface area contributed by atoms with Crippen molar-refractivity contribution in [3.05, 3.63) is 59.1 Å². The molecule has 0 bridgehead atoms. The van der Waals surface area contributed by atoms with Gasteiger partial charge in [0, 0.05) is 23.2 Å². The van der Waals surface area contributed by atoms with E-state index in [9.17, 15) is 18.0 Å². The summed E-state index contributed by atoms with van der Waals surface area (Å²) in [5, 5.41) is 3.50. The number of halogens is 4. The van der Waals surface area contributed by atoms with E-state index in [-0.39, 0.29) is 17.6 Å². The minimum atomic E-state index is -4.73. The summed E-state index contributed by atoms with van der Waals surface area (Å²) in [5.74, 6) is -0.575. The van der Waals surface area contributed by atoms with Crippen molar-refractivity contribution in [1.82, 2.24) is 4.90 Å². The molecule has 8 heteroatoms. The van der Waals surface area contributed by atoms with Gasteiger partial charge in [0.1, 0.15) is 5.75 Å². The van der Waals surface area contributed by atoms with Gasteiger partial charge in [0.2, 0.25) is 5.91 Å². The second kappa shape index (κ2) is 8.84. The molecule has 3 rings (SSSR count). The molecule has 1 heterocycles. The van der Waals surface area contributed by atoms with Crippen molar-refractivity contribution < 1.29 is 22.7 Å². The Bertz CT molecular complexity index is 804. The zero-order valence-corrected chi connectivity index (χ0v) is 15.8. The molecular formula is C20H20ClF3N2O2. The van der Waals surface area contributed by atoms with E-state index in [4.69, 9.17) is 11.6 Å². The van der Waals surface area contributed by atoms with Gasteiger partial charge in [0.05, 0.1) is 0 Å². The van der Waals surface area contributed by atoms with Gasteiger partial charge in [-0.2, -0.15) is 0 Å². The predicted octanol–water partition coefficient (Wildman–Crippen LogP) is 5.09. The number of carbonyl (C=O) groups excluding carboxylic acids is 1. The topological polar surface area (TPSA) is 41.6 Å². The second-order valence-electron chi connectivity index (χ2n) is 6.70. The Morgan fingerprint density at radius 1 is 1.11 bits per heavy atom. The molecule has 1 N–H and O–H groups in total. The second-order valence-corrected chi connectivity index (χ2v) is 7.11. The highest BCUT2D eigenvalue weighted by atomic mass is 35.5. The molecule has 2 aromatic rings. The molecule has 0 spiro atoms. The number of piperidine rings is 1. The van der Waals surface area contributed by atoms with Gasteiger partial charge in [-0.3, -0.25) is 9.69 Å². The lowest BCUT2D eigenvalue weighted by Gasteiger charge is -2.31. The number of ether oxygens (including phenoxy) is 1. The zero-order chi connectivity index (χ0) is 20.1. The Morgan fingerprint density at radius 2 is 1.75 bits per heavy atom. The van der Waals surface area contributed by atoms with Crippen LogP contribution in [0.5, 0.6) is 5.75 Å². The third-order valence-corrected chi connectivity index (χ3v) is 5.03. The zero-order valence-electron chi connectivity index (χ0n) is 15.0. The normalized spacial score (nSPS) is 16.0. The Morgan fingerprint density at radius 3 is 2.36 bits per heavy atom. The van der Waals surface area contributed by atoms with Crippen LogP contribution in [0, 0.1) is 5.92 Å². The molecule has 0 radical (unpaired) electrons. The number of benzene rings is 2. The van der Waals surface area contributed by atoms with E-state index in [1.54, 1.807) is 0 Å². The maximum Gasteiger partial charge on any atom is 0.573 e. The fourth-order valence-electron chi connectivity index (χ4n) is 3.21. The smallest absolute Gasteiger partial charge is 0.406 e. The number of nitrogens with zero attached hydrogens (tertiary/aromatic N) is 1. The van der Waals surface area contributed by atoms with Gasteiger partial charge < -0.3 is 10.1 Å². The van der Waals surface area contributed by atoms with Crippen LogP contribution in [0.15, 0.2) is 48.5 Å². The van der Waals surface area contributed by atoms with Crippen molar-refractivity contribution in [3.8, 4) is 5.75 Å². The number of hydrogen-bond donors (Lipinski definition) is 1. The molecule has 2 aromatic carbocycles. The first-order valence-electron chi connectivity index (χ1n) is 8.92. The van der Waals surface area contributed by atoms with E-state index in [1.807, 2.05) is 24.3 Å². The van der Waals surface area contributed by atoms with Crippen molar-refractivity contribution in [2.75, 3.05) is 18.4 Å². The minimum absolute atomic E-state index is 0.123. The molecule has 1 aliphatic rings. The summed E-state index contributed by atoms with van der Waals surface area (Å²) in [6.45, 7) is 2.30. The lowest BCUT2D eigenvalue weighted by atomic mass is 9.95. The van der Waals surface area contributed by atoms with Gasteiger partial charge in [-0.25, -0.2) is 0 Å². The van der Waals surface area contributed by atoms with Crippen molar-refractivity contribution >= 4 is 23.2 Å². The van der Waals surface area contributed by atoms with E-state index in [0.29, 0.717) is 18.5 Å². The van der Waals surface area contributed by atoms with E-state index in [1.165, 1.54) is 24.3 Å². The third kappa shape index (κ3) is 5.87. The largest absolute Gasteiger partial charge is 0.573 e. The first kappa shape index (κ1) is 20.5. The van der Waals surface area contributed by atoms with E-state index >= 15 is 0 Å². The molecule has 0 atom stereocenters. The van der Waals surface area contributed by atoms with Crippen LogP contribution in [-0.4, -0.2) is 30.3 Å². The highest BCUT2D eigenvalue weighted by molar-refractivity contribution is 6.31. The van der Waals surface area contributed by atoms with Gasteiger partial charge in [0.25, 0.3) is 0 Å². The summed E-state index contributed by atoms with van der Waals surface area (Å²) < 4.78 is 40.4. The molecule has 0 unspecified atom stereocenters. The first-order chi connectivity index (χ1) is 13.3. The summed E-state index contributed by atoms with van der Waals surface area (Å²) in [6.07, 6.45) is -3.31. The standard InChI is InChI=1S/C20H20ClF3N2O2/c21-18-4-2-1-3-15(18)13-26-11-9-14(10-12-26)19(27)25-16-5-7-17(8-6-16)28-20(22,23)24/h1-8,14H,9-13H2,(H,25,27). The molecule has 0 aromatic heterocycles. The summed E-state index contributed by atoms with van der Waals surface area (Å²) in [5.41, 5.74) is 1.51. The number of hydrogen-bond acceptors (Lipinski definition) is 3. The van der Waals surface area contributed by atoms with Gasteiger partial charge >= 0.3 is 6.36 Å². The van der Waals surface area contributed by atoms with Crippen molar-refractivity contribution in [2.24, 2.45) is 5.92 Å². The fourth-order valence-corrected chi connectivity index (χ4v) is 3.40. The van der Waals surface area contributed by atoms with Crippen LogP contribution in [0.3, 0.4) is 0 Å². The Kier molecular flexibility index (Phi) is 6.46. The first-order valence-corrected chi connectivity index (χ1v) is 9.30.